The van der Waals surface area contributed by atoms with E-state index in [2.05, 4.69) is 39.0 Å². The lowest BCUT2D eigenvalue weighted by atomic mass is 10.1. The van der Waals surface area contributed by atoms with Gasteiger partial charge < -0.3 is 21.6 Å². The Labute approximate surface area is 155 Å². The van der Waals surface area contributed by atoms with Gasteiger partial charge in [0.2, 0.25) is 0 Å². The van der Waals surface area contributed by atoms with Crippen LogP contribution in [-0.2, 0) is 6.54 Å². The van der Waals surface area contributed by atoms with Crippen molar-refractivity contribution < 1.29 is 21.6 Å². The van der Waals surface area contributed by atoms with Crippen LogP contribution in [0.1, 0.15) is 70.9 Å². The summed E-state index contributed by atoms with van der Waals surface area (Å²) in [5.74, 6) is 0.968. The van der Waals surface area contributed by atoms with Gasteiger partial charge in [-0.05, 0) is 31.4 Å². The second kappa shape index (κ2) is 13.5. The van der Waals surface area contributed by atoms with Gasteiger partial charge in [-0.25, -0.2) is 0 Å². The Bertz CT molecular complexity index is 424. The van der Waals surface area contributed by atoms with Crippen molar-refractivity contribution in [2.24, 2.45) is 0 Å². The van der Waals surface area contributed by atoms with E-state index in [1.807, 2.05) is 12.3 Å². The van der Waals surface area contributed by atoms with Crippen molar-refractivity contribution >= 4 is 0 Å². The Balaban J connectivity index is 0.00000529. The van der Waals surface area contributed by atoms with E-state index in [4.69, 9.17) is 4.74 Å². The van der Waals surface area contributed by atoms with Gasteiger partial charge in [-0.2, -0.15) is 0 Å². The van der Waals surface area contributed by atoms with E-state index in [1.54, 1.807) is 0 Å². The van der Waals surface area contributed by atoms with E-state index >= 15 is 0 Å². The van der Waals surface area contributed by atoms with Crippen LogP contribution in [0.3, 0.4) is 0 Å². The maximum Gasteiger partial charge on any atom is 0.146 e. The predicted octanol–water partition coefficient (Wildman–Crippen LogP) is 2.20. The van der Waals surface area contributed by atoms with Crippen LogP contribution in [0.15, 0.2) is 18.3 Å². The Morgan fingerprint density at radius 1 is 0.958 bits per heavy atom. The highest BCUT2D eigenvalue weighted by Crippen LogP contribution is 2.20. The fourth-order valence-electron chi connectivity index (χ4n) is 2.80. The standard InChI is InChI=1S/C20H37N2O.ClH/c1-5-7-9-10-11-12-16-22(3,4)18-19-20(14-13-15-21-19)23-17-8-6-2;/h13-15H,5-12,16-18H2,1-4H3;1H/q+1;/p-1. The average molecular weight is 357 g/mol. The van der Waals surface area contributed by atoms with Crippen LogP contribution < -0.4 is 17.1 Å². The summed E-state index contributed by atoms with van der Waals surface area (Å²) in [6, 6.07) is 4.03. The fraction of sp³-hybridized carbons (Fsp3) is 0.750. The molecule has 24 heavy (non-hydrogen) atoms. The number of hydrogen-bond acceptors (Lipinski definition) is 2. The molecule has 0 spiro atoms. The minimum absolute atomic E-state index is 0. The second-order valence-electron chi connectivity index (χ2n) is 7.24. The molecule has 1 heterocycles. The number of unbranched alkanes of at least 4 members (excludes halogenated alkanes) is 6. The molecule has 0 N–H and O–H groups in total. The quantitative estimate of drug-likeness (QED) is 0.399. The molecule has 1 aromatic rings. The molecule has 0 radical (unpaired) electrons. The smallest absolute Gasteiger partial charge is 0.146 e. The molecular weight excluding hydrogens is 320 g/mol. The Morgan fingerprint density at radius 2 is 1.62 bits per heavy atom. The highest BCUT2D eigenvalue weighted by Gasteiger charge is 2.19. The maximum atomic E-state index is 5.92. The van der Waals surface area contributed by atoms with Gasteiger partial charge >= 0.3 is 0 Å². The summed E-state index contributed by atoms with van der Waals surface area (Å²) in [5.41, 5.74) is 1.10. The molecule has 3 nitrogen and oxygen atoms in total. The first-order valence-corrected chi connectivity index (χ1v) is 9.47. The van der Waals surface area contributed by atoms with Crippen LogP contribution in [0.4, 0.5) is 0 Å². The summed E-state index contributed by atoms with van der Waals surface area (Å²) in [6.45, 7) is 7.40. The van der Waals surface area contributed by atoms with Gasteiger partial charge in [0.1, 0.15) is 18.0 Å². The van der Waals surface area contributed by atoms with E-state index in [0.717, 1.165) is 41.9 Å². The zero-order valence-corrected chi connectivity index (χ0v) is 16.9. The predicted molar refractivity (Wildman–Crippen MR) is 98.7 cm³/mol. The largest absolute Gasteiger partial charge is 1.00 e. The number of hydrogen-bond donors (Lipinski definition) is 0. The van der Waals surface area contributed by atoms with Crippen LogP contribution in [0.2, 0.25) is 0 Å². The Morgan fingerprint density at radius 3 is 2.33 bits per heavy atom. The first-order valence-electron chi connectivity index (χ1n) is 9.47. The molecule has 0 aliphatic carbocycles. The third-order valence-corrected chi connectivity index (χ3v) is 4.30. The van der Waals surface area contributed by atoms with Crippen molar-refractivity contribution in [3.05, 3.63) is 24.0 Å². The van der Waals surface area contributed by atoms with Gasteiger partial charge in [0.05, 0.1) is 27.2 Å². The number of ether oxygens (including phenoxy) is 1. The fourth-order valence-corrected chi connectivity index (χ4v) is 2.80. The monoisotopic (exact) mass is 356 g/mol. The molecule has 4 heteroatoms. The molecule has 1 aromatic heterocycles. The molecule has 0 fully saturated rings. The minimum atomic E-state index is 0. The molecule has 0 bridgehead atoms. The first-order chi connectivity index (χ1) is 11.1. The number of nitrogens with zero attached hydrogens (tertiary/aromatic N) is 2. The van der Waals surface area contributed by atoms with Gasteiger partial charge in [0.15, 0.2) is 0 Å². The third kappa shape index (κ3) is 10.1. The van der Waals surface area contributed by atoms with Crippen molar-refractivity contribution in [1.82, 2.24) is 4.98 Å². The molecule has 0 unspecified atom stereocenters. The third-order valence-electron chi connectivity index (χ3n) is 4.30. The lowest BCUT2D eigenvalue weighted by Gasteiger charge is -2.30. The van der Waals surface area contributed by atoms with Crippen LogP contribution >= 0.6 is 0 Å². The van der Waals surface area contributed by atoms with Crippen LogP contribution in [0.25, 0.3) is 0 Å². The van der Waals surface area contributed by atoms with Crippen molar-refractivity contribution in [1.29, 1.82) is 0 Å². The van der Waals surface area contributed by atoms with Gasteiger partial charge in [-0.3, -0.25) is 4.98 Å². The zero-order chi connectivity index (χ0) is 17.0. The van der Waals surface area contributed by atoms with E-state index in [9.17, 15) is 0 Å². The number of halogens is 1. The van der Waals surface area contributed by atoms with E-state index in [0.29, 0.717) is 0 Å². The lowest BCUT2D eigenvalue weighted by Crippen LogP contribution is -3.00. The first kappa shape index (κ1) is 23.2. The van der Waals surface area contributed by atoms with Crippen LogP contribution in [-0.4, -0.2) is 36.7 Å². The average Bonchev–Trinajstić information content (AvgIpc) is 2.52. The number of pyridine rings is 1. The number of aromatic nitrogens is 1. The Kier molecular flexibility index (Phi) is 13.0. The molecule has 0 saturated carbocycles. The summed E-state index contributed by atoms with van der Waals surface area (Å²) in [4.78, 5) is 4.57. The topological polar surface area (TPSA) is 22.1 Å². The van der Waals surface area contributed by atoms with E-state index in [-0.39, 0.29) is 12.4 Å². The minimum Gasteiger partial charge on any atom is -1.00 e. The summed E-state index contributed by atoms with van der Waals surface area (Å²) < 4.78 is 6.90. The Hall–Kier alpha value is -0.800. The molecule has 0 atom stereocenters. The SMILES string of the molecule is CCCCCCCC[N+](C)(C)Cc1ncccc1OCCCC.[Cl-]. The molecule has 0 aliphatic heterocycles. The highest BCUT2D eigenvalue weighted by atomic mass is 35.5. The summed E-state index contributed by atoms with van der Waals surface area (Å²) >= 11 is 0. The molecule has 0 aromatic carbocycles. The van der Waals surface area contributed by atoms with E-state index < -0.39 is 0 Å². The van der Waals surface area contributed by atoms with Gasteiger partial charge in [0, 0.05) is 6.20 Å². The normalized spacial score (nSPS) is 11.2. The number of quaternary nitrogens is 1. The van der Waals surface area contributed by atoms with Crippen molar-refractivity contribution in [3.63, 3.8) is 0 Å². The molecule has 0 aliphatic rings. The maximum absolute atomic E-state index is 5.92. The van der Waals surface area contributed by atoms with Crippen molar-refractivity contribution in [3.8, 4) is 5.75 Å². The molecular formula is C20H37ClN2O. The summed E-state index contributed by atoms with van der Waals surface area (Å²) in [6.07, 6.45) is 12.3. The van der Waals surface area contributed by atoms with Gasteiger partial charge in [0.25, 0.3) is 0 Å². The van der Waals surface area contributed by atoms with Gasteiger partial charge in [-0.1, -0.05) is 46.0 Å². The molecule has 0 amide bonds. The van der Waals surface area contributed by atoms with E-state index in [1.165, 1.54) is 45.1 Å². The summed E-state index contributed by atoms with van der Waals surface area (Å²) in [7, 11) is 4.60. The van der Waals surface area contributed by atoms with Crippen molar-refractivity contribution in [2.75, 3.05) is 27.2 Å². The molecule has 140 valence electrons. The lowest BCUT2D eigenvalue weighted by molar-refractivity contribution is -0.904. The molecule has 0 saturated heterocycles. The molecule has 1 rings (SSSR count). The van der Waals surface area contributed by atoms with Crippen LogP contribution in [0.5, 0.6) is 5.75 Å². The van der Waals surface area contributed by atoms with Crippen molar-refractivity contribution in [2.45, 2.75) is 71.8 Å². The van der Waals surface area contributed by atoms with Crippen LogP contribution in [0, 0.1) is 0 Å². The second-order valence-corrected chi connectivity index (χ2v) is 7.24. The summed E-state index contributed by atoms with van der Waals surface area (Å²) in [5, 5.41) is 0. The van der Waals surface area contributed by atoms with Gasteiger partial charge in [-0.15, -0.1) is 0 Å². The highest BCUT2D eigenvalue weighted by molar-refractivity contribution is 5.26. The zero-order valence-electron chi connectivity index (χ0n) is 16.2. The number of rotatable bonds is 13.